The molecule has 0 fully saturated rings. The largest absolute Gasteiger partial charge is 0.305 e. The van der Waals surface area contributed by atoms with Gasteiger partial charge in [0.25, 0.3) is 0 Å². The first-order chi connectivity index (χ1) is 15.0. The Morgan fingerprint density at radius 2 is 1.68 bits per heavy atom. The molecule has 0 aliphatic carbocycles. The quantitative estimate of drug-likeness (QED) is 0.163. The van der Waals surface area contributed by atoms with Gasteiger partial charge in [0.05, 0.1) is 11.4 Å². The molecule has 2 aromatic rings. The SMILES string of the molecule is C=C\C=C/C(=C\C)C(/C(=N)c1ccccc1F)=C(/C(C)=N)c1ccccn1.CC.CI. The summed E-state index contributed by atoms with van der Waals surface area (Å²) in [4.78, 5) is 6.33. The fourth-order valence-electron chi connectivity index (χ4n) is 2.73. The van der Waals surface area contributed by atoms with Crippen molar-refractivity contribution in [3.63, 3.8) is 0 Å². The Hall–Kier alpha value is -2.67. The number of alkyl halides is 1. The van der Waals surface area contributed by atoms with Gasteiger partial charge in [0.15, 0.2) is 0 Å². The number of hydrogen-bond donors (Lipinski definition) is 2. The van der Waals surface area contributed by atoms with Crippen molar-refractivity contribution in [2.45, 2.75) is 27.7 Å². The molecule has 2 N–H and O–H groups in total. The van der Waals surface area contributed by atoms with Crippen molar-refractivity contribution in [3.05, 3.63) is 108 Å². The van der Waals surface area contributed by atoms with Crippen molar-refractivity contribution in [3.8, 4) is 0 Å². The summed E-state index contributed by atoms with van der Waals surface area (Å²) in [6, 6.07) is 11.6. The first kappa shape index (κ1) is 28.3. The molecule has 0 saturated carbocycles. The summed E-state index contributed by atoms with van der Waals surface area (Å²) >= 11 is 2.15. The van der Waals surface area contributed by atoms with Crippen LogP contribution in [0.5, 0.6) is 0 Å². The number of hydrogen-bond acceptors (Lipinski definition) is 3. The van der Waals surface area contributed by atoms with Crippen molar-refractivity contribution in [2.24, 2.45) is 0 Å². The van der Waals surface area contributed by atoms with E-state index in [0.717, 1.165) is 0 Å². The Balaban J connectivity index is 0.00000212. The van der Waals surface area contributed by atoms with Crippen LogP contribution in [0.15, 0.2) is 90.7 Å². The molecule has 0 atom stereocenters. The van der Waals surface area contributed by atoms with E-state index in [4.69, 9.17) is 10.8 Å². The Bertz CT molecular complexity index is 958. The summed E-state index contributed by atoms with van der Waals surface area (Å²) in [7, 11) is 0. The average molecular weight is 531 g/mol. The fraction of sp³-hybridized carbons (Fsp3) is 0.192. The van der Waals surface area contributed by atoms with Crippen LogP contribution in [0.1, 0.15) is 39.0 Å². The highest BCUT2D eigenvalue weighted by molar-refractivity contribution is 14.1. The molecule has 164 valence electrons. The molecule has 1 heterocycles. The average Bonchev–Trinajstić information content (AvgIpc) is 2.81. The molecular weight excluding hydrogens is 500 g/mol. The highest BCUT2D eigenvalue weighted by Gasteiger charge is 2.21. The molecule has 0 amide bonds. The lowest BCUT2D eigenvalue weighted by atomic mass is 9.87. The van der Waals surface area contributed by atoms with Gasteiger partial charge < -0.3 is 5.41 Å². The molecule has 1 aromatic carbocycles. The standard InChI is InChI=1S/C23H22FN3.C2H6.CH3I/c1-4-6-11-17(5-2)22(23(26)18-12-7-8-13-19(18)24)21(16(3)25)20-14-9-10-15-27-20;2*1-2/h4-15,25-26H,1H2,2-3H3;1-2H3;1H3/b11-6-,17-5+,22-21+,25-16?,26-23?;;. The smallest absolute Gasteiger partial charge is 0.132 e. The van der Waals surface area contributed by atoms with Gasteiger partial charge in [-0.15, -0.1) is 0 Å². The number of nitrogens with one attached hydrogen (secondary N) is 2. The number of benzene rings is 1. The first-order valence-electron chi connectivity index (χ1n) is 9.89. The minimum Gasteiger partial charge on any atom is -0.305 e. The monoisotopic (exact) mass is 531 g/mol. The molecule has 0 spiro atoms. The summed E-state index contributed by atoms with van der Waals surface area (Å²) in [5.74, 6) is -0.480. The predicted molar refractivity (Wildman–Crippen MR) is 142 cm³/mol. The van der Waals surface area contributed by atoms with Crippen LogP contribution in [-0.4, -0.2) is 21.3 Å². The number of nitrogens with zero attached hydrogens (tertiary/aromatic N) is 1. The van der Waals surface area contributed by atoms with Crippen LogP contribution in [0.3, 0.4) is 0 Å². The lowest BCUT2D eigenvalue weighted by Gasteiger charge is -2.17. The second kappa shape index (κ2) is 16.1. The zero-order chi connectivity index (χ0) is 23.8. The van der Waals surface area contributed by atoms with Gasteiger partial charge in [-0.2, -0.15) is 0 Å². The summed E-state index contributed by atoms with van der Waals surface area (Å²) in [5, 5.41) is 17.1. The van der Waals surface area contributed by atoms with Crippen molar-refractivity contribution >= 4 is 39.6 Å². The van der Waals surface area contributed by atoms with Gasteiger partial charge in [-0.25, -0.2) is 4.39 Å². The fourth-order valence-corrected chi connectivity index (χ4v) is 2.73. The van der Waals surface area contributed by atoms with Crippen molar-refractivity contribution < 1.29 is 4.39 Å². The van der Waals surface area contributed by atoms with E-state index in [1.807, 2.05) is 37.8 Å². The zero-order valence-corrected chi connectivity index (χ0v) is 21.0. The van der Waals surface area contributed by atoms with Gasteiger partial charge in [0.1, 0.15) is 5.82 Å². The van der Waals surface area contributed by atoms with Crippen LogP contribution in [0.4, 0.5) is 4.39 Å². The molecule has 31 heavy (non-hydrogen) atoms. The van der Waals surface area contributed by atoms with Crippen LogP contribution in [0, 0.1) is 16.6 Å². The topological polar surface area (TPSA) is 60.6 Å². The Morgan fingerprint density at radius 3 is 2.16 bits per heavy atom. The summed E-state index contributed by atoms with van der Waals surface area (Å²) in [6.07, 6.45) is 8.64. The molecule has 0 saturated heterocycles. The van der Waals surface area contributed by atoms with Gasteiger partial charge >= 0.3 is 0 Å². The number of pyridine rings is 1. The van der Waals surface area contributed by atoms with Crippen LogP contribution >= 0.6 is 22.6 Å². The third kappa shape index (κ3) is 8.17. The van der Waals surface area contributed by atoms with Crippen LogP contribution in [0.25, 0.3) is 5.57 Å². The molecule has 0 aliphatic heterocycles. The van der Waals surface area contributed by atoms with Gasteiger partial charge in [-0.05, 0) is 48.6 Å². The highest BCUT2D eigenvalue weighted by atomic mass is 127. The Kier molecular flexibility index (Phi) is 14.7. The Morgan fingerprint density at radius 1 is 1.06 bits per heavy atom. The van der Waals surface area contributed by atoms with Gasteiger partial charge in [-0.1, -0.05) is 85.5 Å². The summed E-state index contributed by atoms with van der Waals surface area (Å²) in [6.45, 7) is 11.2. The Labute approximate surface area is 199 Å². The third-order valence-electron chi connectivity index (χ3n) is 3.95. The molecule has 2 rings (SSSR count). The van der Waals surface area contributed by atoms with E-state index in [9.17, 15) is 4.39 Å². The highest BCUT2D eigenvalue weighted by Crippen LogP contribution is 2.29. The molecule has 0 bridgehead atoms. The summed E-state index contributed by atoms with van der Waals surface area (Å²) in [5.41, 5.74) is 2.62. The second-order valence-electron chi connectivity index (χ2n) is 5.78. The zero-order valence-electron chi connectivity index (χ0n) is 18.8. The first-order valence-corrected chi connectivity index (χ1v) is 12.1. The van der Waals surface area contributed by atoms with Gasteiger partial charge in [0, 0.05) is 28.6 Å². The van der Waals surface area contributed by atoms with E-state index in [1.54, 1.807) is 61.7 Å². The molecule has 0 radical (unpaired) electrons. The minimum absolute atomic E-state index is 0.00200. The number of halogens is 2. The van der Waals surface area contributed by atoms with E-state index >= 15 is 0 Å². The maximum absolute atomic E-state index is 14.4. The second-order valence-corrected chi connectivity index (χ2v) is 5.78. The van der Waals surface area contributed by atoms with Crippen LogP contribution in [-0.2, 0) is 0 Å². The molecule has 3 nitrogen and oxygen atoms in total. The molecule has 0 unspecified atom stereocenters. The minimum atomic E-state index is -0.480. The van der Waals surface area contributed by atoms with Crippen molar-refractivity contribution in [1.29, 1.82) is 10.8 Å². The third-order valence-corrected chi connectivity index (χ3v) is 3.95. The lowest BCUT2D eigenvalue weighted by Crippen LogP contribution is -2.14. The molecule has 0 aliphatic rings. The number of aromatic nitrogens is 1. The van der Waals surface area contributed by atoms with E-state index in [0.29, 0.717) is 22.4 Å². The van der Waals surface area contributed by atoms with Gasteiger partial charge in [0.2, 0.25) is 0 Å². The maximum Gasteiger partial charge on any atom is 0.132 e. The molecule has 1 aromatic heterocycles. The van der Waals surface area contributed by atoms with Crippen LogP contribution in [0.2, 0.25) is 0 Å². The molecule has 5 heteroatoms. The lowest BCUT2D eigenvalue weighted by molar-refractivity contribution is 0.625. The van der Waals surface area contributed by atoms with Crippen molar-refractivity contribution in [1.82, 2.24) is 4.98 Å². The number of rotatable bonds is 7. The van der Waals surface area contributed by atoms with Crippen LogP contribution < -0.4 is 0 Å². The van der Waals surface area contributed by atoms with Gasteiger partial charge in [-0.3, -0.25) is 10.4 Å². The normalized spacial score (nSPS) is 11.4. The van der Waals surface area contributed by atoms with E-state index in [-0.39, 0.29) is 17.0 Å². The van der Waals surface area contributed by atoms with E-state index in [1.165, 1.54) is 6.07 Å². The van der Waals surface area contributed by atoms with Crippen molar-refractivity contribution in [2.75, 3.05) is 4.93 Å². The predicted octanol–water partition coefficient (Wildman–Crippen LogP) is 7.85. The summed E-state index contributed by atoms with van der Waals surface area (Å²) < 4.78 is 14.4. The van der Waals surface area contributed by atoms with E-state index < -0.39 is 5.82 Å². The van der Waals surface area contributed by atoms with E-state index in [2.05, 4.69) is 34.2 Å². The number of allylic oxidation sites excluding steroid dienone is 7. The molecular formula is C26H31FIN3. The maximum atomic E-state index is 14.4.